The van der Waals surface area contributed by atoms with Crippen molar-refractivity contribution in [3.8, 4) is 0 Å². The summed E-state index contributed by atoms with van der Waals surface area (Å²) >= 11 is 0. The number of benzene rings is 1. The molecular weight excluding hydrogens is 438 g/mol. The summed E-state index contributed by atoms with van der Waals surface area (Å²) in [4.78, 5) is 26.4. The smallest absolute Gasteiger partial charge is 0.406 e. The van der Waals surface area contributed by atoms with Gasteiger partial charge < -0.3 is 40.8 Å². The van der Waals surface area contributed by atoms with Crippen molar-refractivity contribution < 1.29 is 24.2 Å². The summed E-state index contributed by atoms with van der Waals surface area (Å²) < 4.78 is 10.4. The molecule has 2 aliphatic rings. The number of morpholine rings is 1. The predicted octanol–water partition coefficient (Wildman–Crippen LogP) is 1.25. The summed E-state index contributed by atoms with van der Waals surface area (Å²) in [5.41, 5.74) is 2.99. The van der Waals surface area contributed by atoms with Gasteiger partial charge in [-0.3, -0.25) is 4.79 Å². The zero-order valence-electron chi connectivity index (χ0n) is 20.2. The quantitative estimate of drug-likeness (QED) is 0.240. The van der Waals surface area contributed by atoms with Crippen LogP contribution in [-0.4, -0.2) is 91.9 Å². The molecule has 1 aromatic rings. The van der Waals surface area contributed by atoms with E-state index < -0.39 is 24.3 Å². The van der Waals surface area contributed by atoms with Gasteiger partial charge in [-0.25, -0.2) is 4.79 Å². The van der Waals surface area contributed by atoms with E-state index in [1.807, 2.05) is 32.0 Å². The second-order valence-corrected chi connectivity index (χ2v) is 8.90. The van der Waals surface area contributed by atoms with E-state index in [1.165, 1.54) is 7.11 Å². The van der Waals surface area contributed by atoms with E-state index in [0.717, 1.165) is 29.7 Å². The predicted molar refractivity (Wildman–Crippen MR) is 129 cm³/mol. The second kappa shape index (κ2) is 12.1. The lowest BCUT2D eigenvalue weighted by Gasteiger charge is -2.36. The van der Waals surface area contributed by atoms with Gasteiger partial charge in [-0.2, -0.15) is 0 Å². The molecule has 2 fully saturated rings. The molecule has 1 saturated carbocycles. The highest BCUT2D eigenvalue weighted by Gasteiger charge is 2.42. The van der Waals surface area contributed by atoms with Gasteiger partial charge in [0.25, 0.3) is 5.91 Å². The van der Waals surface area contributed by atoms with Crippen LogP contribution in [-0.2, 0) is 14.3 Å². The average molecular weight is 476 g/mol. The molecule has 1 heterocycles. The molecule has 3 atom stereocenters. The van der Waals surface area contributed by atoms with Crippen molar-refractivity contribution in [2.75, 3.05) is 45.2 Å². The van der Waals surface area contributed by atoms with Crippen molar-refractivity contribution in [1.29, 1.82) is 5.41 Å². The van der Waals surface area contributed by atoms with Gasteiger partial charge in [0.1, 0.15) is 6.10 Å². The number of nitrogens with one attached hydrogen (secondary N) is 4. The van der Waals surface area contributed by atoms with Gasteiger partial charge in [0, 0.05) is 43.5 Å². The first-order valence-electron chi connectivity index (χ1n) is 11.9. The molecule has 188 valence electrons. The molecule has 0 bridgehead atoms. The Kier molecular flexibility index (Phi) is 9.26. The molecule has 1 saturated heterocycles. The van der Waals surface area contributed by atoms with Crippen molar-refractivity contribution in [1.82, 2.24) is 15.5 Å². The number of rotatable bonds is 11. The number of ether oxygens (including phenoxy) is 2. The zero-order chi connectivity index (χ0) is 24.7. The van der Waals surface area contributed by atoms with Crippen LogP contribution in [0.5, 0.6) is 0 Å². The van der Waals surface area contributed by atoms with Gasteiger partial charge in [0.15, 0.2) is 0 Å². The summed E-state index contributed by atoms with van der Waals surface area (Å²) in [6.07, 6.45) is 0.993. The Morgan fingerprint density at radius 3 is 2.76 bits per heavy atom. The fraction of sp³-hybridized carbons (Fsp3) is 0.625. The first-order chi connectivity index (χ1) is 16.3. The standard InChI is InChI=1S/C24H37N5O5/c1-15-5-8-19(20(11-15)27-9-4-10-28-24(32)33-3)22(25)16(2)29(17-6-7-17)23(31)21-13-26-12-18(14-30)34-21/h5,8,11,16-18,21,25-27,30H,4,6-7,9-10,12-14H2,1-3H3,(H,28,32)/t16-,18+,21-/m1/s1. The molecule has 34 heavy (non-hydrogen) atoms. The Bertz CT molecular complexity index is 875. The van der Waals surface area contributed by atoms with Crippen LogP contribution in [0.4, 0.5) is 10.5 Å². The molecule has 0 aromatic heterocycles. The van der Waals surface area contributed by atoms with Crippen LogP contribution >= 0.6 is 0 Å². The Labute approximate surface area is 200 Å². The molecule has 3 rings (SSSR count). The summed E-state index contributed by atoms with van der Waals surface area (Å²) in [6, 6.07) is 5.55. The summed E-state index contributed by atoms with van der Waals surface area (Å²) in [6.45, 7) is 5.74. The molecule has 10 heteroatoms. The van der Waals surface area contributed by atoms with E-state index in [4.69, 9.17) is 10.1 Å². The van der Waals surface area contributed by atoms with Crippen molar-refractivity contribution in [3.63, 3.8) is 0 Å². The highest BCUT2D eigenvalue weighted by Crippen LogP contribution is 2.32. The average Bonchev–Trinajstić information content (AvgIpc) is 3.68. The number of hydrogen-bond donors (Lipinski definition) is 5. The third-order valence-corrected chi connectivity index (χ3v) is 6.16. The first kappa shape index (κ1) is 25.9. The minimum atomic E-state index is -0.667. The highest BCUT2D eigenvalue weighted by atomic mass is 16.5. The second-order valence-electron chi connectivity index (χ2n) is 8.90. The molecule has 2 amide bonds. The van der Waals surface area contributed by atoms with Crippen molar-refractivity contribution in [3.05, 3.63) is 29.3 Å². The highest BCUT2D eigenvalue weighted by molar-refractivity contribution is 6.07. The number of nitrogens with zero attached hydrogens (tertiary/aromatic N) is 1. The van der Waals surface area contributed by atoms with Crippen LogP contribution in [0.25, 0.3) is 0 Å². The maximum absolute atomic E-state index is 13.4. The van der Waals surface area contributed by atoms with Crippen molar-refractivity contribution >= 4 is 23.4 Å². The third-order valence-electron chi connectivity index (χ3n) is 6.16. The number of aliphatic hydroxyl groups excluding tert-OH is 1. The van der Waals surface area contributed by atoms with Crippen LogP contribution in [0.3, 0.4) is 0 Å². The Morgan fingerprint density at radius 1 is 1.32 bits per heavy atom. The number of anilines is 1. The SMILES string of the molecule is COC(=O)NCCCNc1cc(C)ccc1C(=N)[C@@H](C)N(C(=O)[C@H]1CNC[C@@H](CO)O1)C1CC1. The number of methoxy groups -OCH3 is 1. The van der Waals surface area contributed by atoms with Gasteiger partial charge in [0.2, 0.25) is 0 Å². The first-order valence-corrected chi connectivity index (χ1v) is 11.9. The summed E-state index contributed by atoms with van der Waals surface area (Å²) in [5.74, 6) is -0.138. The van der Waals surface area contributed by atoms with Crippen LogP contribution < -0.4 is 16.0 Å². The van der Waals surface area contributed by atoms with Crippen LogP contribution in [0.15, 0.2) is 18.2 Å². The minimum absolute atomic E-state index is 0.104. The Hall–Kier alpha value is -2.69. The maximum atomic E-state index is 13.4. The molecule has 0 unspecified atom stereocenters. The molecule has 1 aromatic carbocycles. The van der Waals surface area contributed by atoms with E-state index in [9.17, 15) is 14.7 Å². The van der Waals surface area contributed by atoms with Crippen molar-refractivity contribution in [2.45, 2.75) is 57.4 Å². The number of carbonyl (C=O) groups is 2. The number of aliphatic hydroxyl groups is 1. The fourth-order valence-electron chi connectivity index (χ4n) is 4.14. The molecule has 1 aliphatic carbocycles. The Balaban J connectivity index is 1.69. The number of alkyl carbamates (subject to hydrolysis) is 1. The molecule has 1 aliphatic heterocycles. The topological polar surface area (TPSA) is 136 Å². The number of hydrogen-bond acceptors (Lipinski definition) is 8. The van der Waals surface area contributed by atoms with Crippen LogP contribution in [0, 0.1) is 12.3 Å². The van der Waals surface area contributed by atoms with E-state index in [-0.39, 0.29) is 18.6 Å². The number of carbonyl (C=O) groups excluding carboxylic acids is 2. The van der Waals surface area contributed by atoms with Crippen molar-refractivity contribution in [2.24, 2.45) is 0 Å². The van der Waals surface area contributed by atoms with Gasteiger partial charge in [-0.1, -0.05) is 12.1 Å². The molecule has 0 radical (unpaired) electrons. The lowest BCUT2D eigenvalue weighted by Crippen LogP contribution is -2.56. The summed E-state index contributed by atoms with van der Waals surface area (Å²) in [5, 5.41) is 27.6. The molecule has 0 spiro atoms. The van der Waals surface area contributed by atoms with E-state index in [0.29, 0.717) is 38.3 Å². The normalized spacial score (nSPS) is 20.8. The van der Waals surface area contributed by atoms with E-state index >= 15 is 0 Å². The molecular formula is C24H37N5O5. The third kappa shape index (κ3) is 6.68. The van der Waals surface area contributed by atoms with Gasteiger partial charge in [-0.15, -0.1) is 0 Å². The Morgan fingerprint density at radius 2 is 2.09 bits per heavy atom. The lowest BCUT2D eigenvalue weighted by atomic mass is 9.98. The molecule has 10 nitrogen and oxygen atoms in total. The summed E-state index contributed by atoms with van der Waals surface area (Å²) in [7, 11) is 1.33. The minimum Gasteiger partial charge on any atom is -0.453 e. The maximum Gasteiger partial charge on any atom is 0.406 e. The molecule has 5 N–H and O–H groups in total. The van der Waals surface area contributed by atoms with E-state index in [2.05, 4.69) is 20.7 Å². The van der Waals surface area contributed by atoms with Crippen LogP contribution in [0.1, 0.15) is 37.3 Å². The fourth-order valence-corrected chi connectivity index (χ4v) is 4.14. The van der Waals surface area contributed by atoms with Crippen LogP contribution in [0.2, 0.25) is 0 Å². The van der Waals surface area contributed by atoms with Gasteiger partial charge >= 0.3 is 6.09 Å². The number of amides is 2. The largest absolute Gasteiger partial charge is 0.453 e. The van der Waals surface area contributed by atoms with Gasteiger partial charge in [0.05, 0.1) is 31.6 Å². The lowest BCUT2D eigenvalue weighted by molar-refractivity contribution is -0.153. The van der Waals surface area contributed by atoms with E-state index in [1.54, 1.807) is 4.90 Å². The van der Waals surface area contributed by atoms with Gasteiger partial charge in [-0.05, 0) is 44.7 Å². The number of aryl methyl sites for hydroxylation is 1. The monoisotopic (exact) mass is 475 g/mol. The zero-order valence-corrected chi connectivity index (χ0v) is 20.2.